The summed E-state index contributed by atoms with van der Waals surface area (Å²) in [4.78, 5) is 12.3. The summed E-state index contributed by atoms with van der Waals surface area (Å²) in [5.74, 6) is -3.11. The van der Waals surface area contributed by atoms with Crippen LogP contribution in [-0.4, -0.2) is 47.8 Å². The van der Waals surface area contributed by atoms with E-state index in [0.717, 1.165) is 54.4 Å². The SMILES string of the molecule is CC/C(=C(\c1ccc(O)cc1)c1ccc(OCC(=O)NCCCCCCSCCCC(F)(F)C(F)(F)F)cc1)c1ccccc1. The Morgan fingerprint density at radius 1 is 0.778 bits per heavy atom. The molecule has 45 heavy (non-hydrogen) atoms. The molecule has 2 N–H and O–H groups in total. The summed E-state index contributed by atoms with van der Waals surface area (Å²) in [6.07, 6.45) is -2.67. The van der Waals surface area contributed by atoms with Crippen LogP contribution in [0.5, 0.6) is 11.5 Å². The van der Waals surface area contributed by atoms with Gasteiger partial charge in [0.25, 0.3) is 5.91 Å². The smallest absolute Gasteiger partial charge is 0.453 e. The molecule has 0 saturated carbocycles. The van der Waals surface area contributed by atoms with Gasteiger partial charge in [0.1, 0.15) is 11.5 Å². The number of alkyl halides is 5. The molecule has 3 rings (SSSR count). The van der Waals surface area contributed by atoms with E-state index < -0.39 is 18.5 Å². The van der Waals surface area contributed by atoms with E-state index in [4.69, 9.17) is 4.74 Å². The average Bonchev–Trinajstić information content (AvgIpc) is 3.02. The van der Waals surface area contributed by atoms with Gasteiger partial charge in [-0.3, -0.25) is 4.79 Å². The summed E-state index contributed by atoms with van der Waals surface area (Å²) in [6.45, 7) is 2.50. The standard InChI is InChI=1S/C35H40F5NO3S/c1-2-31(26-11-6-5-7-12-26)33(27-13-17-29(42)18-14-27)28-15-19-30(20-16-28)44-25-32(43)41-22-8-3-4-9-23-45-24-10-21-34(36,37)35(38,39)40/h5-7,11-20,42H,2-4,8-10,21-25H2,1H3,(H,41,43)/b33-31-. The predicted octanol–water partition coefficient (Wildman–Crippen LogP) is 9.53. The quantitative estimate of drug-likeness (QED) is 0.0819. The fourth-order valence-electron chi connectivity index (χ4n) is 4.78. The number of carbonyl (C=O) groups is 1. The third-order valence-corrected chi connectivity index (χ3v) is 8.33. The first-order valence-corrected chi connectivity index (χ1v) is 16.3. The zero-order valence-electron chi connectivity index (χ0n) is 25.3. The van der Waals surface area contributed by atoms with Gasteiger partial charge in [0, 0.05) is 13.0 Å². The van der Waals surface area contributed by atoms with Crippen LogP contribution in [0.1, 0.15) is 68.6 Å². The summed E-state index contributed by atoms with van der Waals surface area (Å²) in [6, 6.07) is 24.9. The highest BCUT2D eigenvalue weighted by Gasteiger charge is 2.56. The first kappa shape index (κ1) is 35.9. The highest BCUT2D eigenvalue weighted by Crippen LogP contribution is 2.39. The van der Waals surface area contributed by atoms with E-state index in [9.17, 15) is 31.9 Å². The maximum absolute atomic E-state index is 12.9. The molecule has 0 atom stereocenters. The third kappa shape index (κ3) is 11.7. The van der Waals surface area contributed by atoms with Crippen LogP contribution in [0.25, 0.3) is 11.1 Å². The Morgan fingerprint density at radius 2 is 1.38 bits per heavy atom. The Balaban J connectivity index is 1.39. The number of phenolic OH excluding ortho intramolecular Hbond substituents is 1. The van der Waals surface area contributed by atoms with Crippen LogP contribution in [-0.2, 0) is 4.79 Å². The molecule has 3 aromatic rings. The van der Waals surface area contributed by atoms with E-state index in [2.05, 4.69) is 24.4 Å². The summed E-state index contributed by atoms with van der Waals surface area (Å²) in [5, 5.41) is 12.7. The number of rotatable bonds is 18. The summed E-state index contributed by atoms with van der Waals surface area (Å²) >= 11 is 1.38. The van der Waals surface area contributed by atoms with Crippen LogP contribution < -0.4 is 10.1 Å². The molecule has 0 heterocycles. The molecule has 0 aliphatic carbocycles. The van der Waals surface area contributed by atoms with E-state index in [1.54, 1.807) is 12.1 Å². The lowest BCUT2D eigenvalue weighted by molar-refractivity contribution is -0.284. The number of thioether (sulfide) groups is 1. The summed E-state index contributed by atoms with van der Waals surface area (Å²) in [5.41, 5.74) is 5.30. The zero-order valence-corrected chi connectivity index (χ0v) is 26.2. The second-order valence-electron chi connectivity index (χ2n) is 10.6. The minimum Gasteiger partial charge on any atom is -0.508 e. The first-order chi connectivity index (χ1) is 21.5. The predicted molar refractivity (Wildman–Crippen MR) is 172 cm³/mol. The molecule has 0 bridgehead atoms. The highest BCUT2D eigenvalue weighted by molar-refractivity contribution is 7.99. The number of phenols is 1. The van der Waals surface area contributed by atoms with Crippen LogP contribution >= 0.6 is 11.8 Å². The number of hydrogen-bond donors (Lipinski definition) is 2. The monoisotopic (exact) mass is 649 g/mol. The van der Waals surface area contributed by atoms with Crippen molar-refractivity contribution in [2.75, 3.05) is 24.7 Å². The number of carbonyl (C=O) groups excluding carboxylic acids is 1. The van der Waals surface area contributed by atoms with Gasteiger partial charge in [-0.05, 0) is 89.3 Å². The fourth-order valence-corrected chi connectivity index (χ4v) is 5.74. The van der Waals surface area contributed by atoms with Crippen molar-refractivity contribution in [3.05, 3.63) is 95.6 Å². The van der Waals surface area contributed by atoms with Crippen molar-refractivity contribution < 1.29 is 36.6 Å². The minimum atomic E-state index is -5.48. The van der Waals surface area contributed by atoms with Gasteiger partial charge in [0.15, 0.2) is 6.61 Å². The lowest BCUT2D eigenvalue weighted by Gasteiger charge is -2.19. The van der Waals surface area contributed by atoms with Crippen LogP contribution in [0, 0.1) is 0 Å². The summed E-state index contributed by atoms with van der Waals surface area (Å²) in [7, 11) is 0. The topological polar surface area (TPSA) is 58.6 Å². The Kier molecular flexibility index (Phi) is 14.2. The molecular formula is C35H40F5NO3S. The number of benzene rings is 3. The molecule has 1 amide bonds. The molecule has 10 heteroatoms. The molecule has 0 fully saturated rings. The van der Waals surface area contributed by atoms with Gasteiger partial charge in [0.05, 0.1) is 0 Å². The van der Waals surface area contributed by atoms with Crippen molar-refractivity contribution in [1.82, 2.24) is 5.32 Å². The lowest BCUT2D eigenvalue weighted by atomic mass is 9.88. The fraction of sp³-hybridized carbons (Fsp3) is 0.400. The molecule has 0 radical (unpaired) electrons. The number of amides is 1. The molecule has 0 spiro atoms. The van der Waals surface area contributed by atoms with Crippen molar-refractivity contribution in [3.8, 4) is 11.5 Å². The van der Waals surface area contributed by atoms with Gasteiger partial charge >= 0.3 is 12.1 Å². The van der Waals surface area contributed by atoms with Crippen LogP contribution in [0.2, 0.25) is 0 Å². The number of halogens is 5. The van der Waals surface area contributed by atoms with Crippen molar-refractivity contribution in [3.63, 3.8) is 0 Å². The number of ether oxygens (including phenoxy) is 1. The third-order valence-electron chi connectivity index (χ3n) is 7.18. The van der Waals surface area contributed by atoms with E-state index >= 15 is 0 Å². The molecule has 4 nitrogen and oxygen atoms in total. The van der Waals surface area contributed by atoms with Gasteiger partial charge in [0.2, 0.25) is 0 Å². The Morgan fingerprint density at radius 3 is 2.00 bits per heavy atom. The minimum absolute atomic E-state index is 0.117. The molecule has 244 valence electrons. The number of nitrogens with one attached hydrogen (secondary N) is 1. The van der Waals surface area contributed by atoms with Crippen LogP contribution in [0.3, 0.4) is 0 Å². The maximum Gasteiger partial charge on any atom is 0.453 e. The summed E-state index contributed by atoms with van der Waals surface area (Å²) < 4.78 is 67.9. The maximum atomic E-state index is 12.9. The molecule has 0 unspecified atom stereocenters. The molecular weight excluding hydrogens is 609 g/mol. The van der Waals surface area contributed by atoms with Gasteiger partial charge in [-0.15, -0.1) is 0 Å². The van der Waals surface area contributed by atoms with E-state index in [1.165, 1.54) is 17.3 Å². The average molecular weight is 650 g/mol. The van der Waals surface area contributed by atoms with Crippen LogP contribution in [0.4, 0.5) is 22.0 Å². The molecule has 3 aromatic carbocycles. The second-order valence-corrected chi connectivity index (χ2v) is 11.8. The normalized spacial score (nSPS) is 12.5. The molecule has 0 saturated heterocycles. The molecule has 0 aliphatic rings. The number of unbranched alkanes of at least 4 members (excludes halogenated alkanes) is 3. The van der Waals surface area contributed by atoms with E-state index in [-0.39, 0.29) is 30.4 Å². The van der Waals surface area contributed by atoms with Gasteiger partial charge < -0.3 is 15.2 Å². The van der Waals surface area contributed by atoms with Crippen molar-refractivity contribution >= 4 is 28.8 Å². The number of hydrogen-bond acceptors (Lipinski definition) is 4. The van der Waals surface area contributed by atoms with Gasteiger partial charge in [-0.25, -0.2) is 0 Å². The van der Waals surface area contributed by atoms with Crippen molar-refractivity contribution in [2.45, 2.75) is 64.0 Å². The Hall–Kier alpha value is -3.53. The lowest BCUT2D eigenvalue weighted by Crippen LogP contribution is -2.36. The van der Waals surface area contributed by atoms with Gasteiger partial charge in [-0.1, -0.05) is 74.4 Å². The Bertz CT molecular complexity index is 1340. The Labute approximate surface area is 266 Å². The number of allylic oxidation sites excluding steroid dienone is 1. The van der Waals surface area contributed by atoms with Gasteiger partial charge in [-0.2, -0.15) is 33.7 Å². The van der Waals surface area contributed by atoms with E-state index in [0.29, 0.717) is 18.0 Å². The van der Waals surface area contributed by atoms with Crippen LogP contribution in [0.15, 0.2) is 78.9 Å². The zero-order chi connectivity index (χ0) is 32.7. The van der Waals surface area contributed by atoms with Crippen molar-refractivity contribution in [1.29, 1.82) is 0 Å². The first-order valence-electron chi connectivity index (χ1n) is 15.1. The molecule has 0 aliphatic heterocycles. The second kappa shape index (κ2) is 17.8. The van der Waals surface area contributed by atoms with Crippen molar-refractivity contribution in [2.24, 2.45) is 0 Å². The highest BCUT2D eigenvalue weighted by atomic mass is 32.2. The molecule has 0 aromatic heterocycles. The largest absolute Gasteiger partial charge is 0.508 e. The number of aromatic hydroxyl groups is 1. The van der Waals surface area contributed by atoms with E-state index in [1.807, 2.05) is 54.6 Å².